The Hall–Kier alpha value is -3.03. The molecule has 1 heterocycles. The third-order valence-electron chi connectivity index (χ3n) is 3.67. The average Bonchev–Trinajstić information content (AvgIpc) is 2.96. The van der Waals surface area contributed by atoms with Crippen LogP contribution in [0.3, 0.4) is 0 Å². The van der Waals surface area contributed by atoms with E-state index in [4.69, 9.17) is 4.74 Å². The number of nitrogens with zero attached hydrogens (tertiary/aromatic N) is 1. The maximum atomic E-state index is 13.3. The predicted octanol–water partition coefficient (Wildman–Crippen LogP) is 2.86. The van der Waals surface area contributed by atoms with Crippen molar-refractivity contribution in [1.82, 2.24) is 5.32 Å². The van der Waals surface area contributed by atoms with Gasteiger partial charge in [0.05, 0.1) is 18.8 Å². The normalized spacial score (nSPS) is 16.7. The van der Waals surface area contributed by atoms with Crippen molar-refractivity contribution in [3.63, 3.8) is 0 Å². The number of anilines is 1. The summed E-state index contributed by atoms with van der Waals surface area (Å²) in [5.74, 6) is -3.29. The molecule has 0 aliphatic carbocycles. The second-order valence-electron chi connectivity index (χ2n) is 5.44. The summed E-state index contributed by atoms with van der Waals surface area (Å²) < 4.78 is 44.4. The van der Waals surface area contributed by atoms with E-state index in [9.17, 15) is 22.8 Å². The van der Waals surface area contributed by atoms with Crippen molar-refractivity contribution in [2.75, 3.05) is 18.0 Å². The van der Waals surface area contributed by atoms with Crippen LogP contribution in [0.4, 0.5) is 23.7 Å². The molecule has 0 spiro atoms. The van der Waals surface area contributed by atoms with E-state index >= 15 is 0 Å². The van der Waals surface area contributed by atoms with Crippen molar-refractivity contribution in [1.29, 1.82) is 0 Å². The summed E-state index contributed by atoms with van der Waals surface area (Å²) in [7, 11) is 0. The fourth-order valence-electron chi connectivity index (χ4n) is 2.43. The molecule has 1 saturated heterocycles. The smallest absolute Gasteiger partial charge is 0.414 e. The molecule has 1 N–H and O–H groups in total. The van der Waals surface area contributed by atoms with Crippen molar-refractivity contribution in [2.45, 2.75) is 6.10 Å². The number of amides is 2. The van der Waals surface area contributed by atoms with Gasteiger partial charge in [-0.25, -0.2) is 18.0 Å². The summed E-state index contributed by atoms with van der Waals surface area (Å²) in [6, 6.07) is 8.26. The first kappa shape index (κ1) is 16.8. The summed E-state index contributed by atoms with van der Waals surface area (Å²) in [5.41, 5.74) is 0.296. The van der Waals surface area contributed by atoms with Crippen LogP contribution in [0.15, 0.2) is 42.5 Å². The van der Waals surface area contributed by atoms with Gasteiger partial charge >= 0.3 is 6.09 Å². The molecule has 1 atom stereocenters. The molecule has 2 amide bonds. The average molecular weight is 350 g/mol. The Labute approximate surface area is 141 Å². The van der Waals surface area contributed by atoms with Crippen LogP contribution in [0.5, 0.6) is 0 Å². The molecule has 0 radical (unpaired) electrons. The highest BCUT2D eigenvalue weighted by Gasteiger charge is 2.32. The van der Waals surface area contributed by atoms with Crippen LogP contribution in [0, 0.1) is 17.5 Å². The first-order valence-corrected chi connectivity index (χ1v) is 7.41. The highest BCUT2D eigenvalue weighted by molar-refractivity contribution is 5.94. The van der Waals surface area contributed by atoms with Crippen LogP contribution in [-0.2, 0) is 4.74 Å². The van der Waals surface area contributed by atoms with Gasteiger partial charge in [0.15, 0.2) is 11.6 Å². The zero-order valence-electron chi connectivity index (χ0n) is 12.8. The molecule has 1 aliphatic rings. The van der Waals surface area contributed by atoms with Gasteiger partial charge in [0.25, 0.3) is 5.91 Å². The molecule has 3 rings (SSSR count). The number of nitrogens with one attached hydrogen (secondary N) is 1. The maximum Gasteiger partial charge on any atom is 0.414 e. The van der Waals surface area contributed by atoms with E-state index in [1.807, 2.05) is 0 Å². The number of benzene rings is 2. The van der Waals surface area contributed by atoms with E-state index in [2.05, 4.69) is 5.32 Å². The summed E-state index contributed by atoms with van der Waals surface area (Å²) in [4.78, 5) is 25.1. The lowest BCUT2D eigenvalue weighted by Crippen LogP contribution is -2.34. The quantitative estimate of drug-likeness (QED) is 0.923. The van der Waals surface area contributed by atoms with Crippen LogP contribution in [0.25, 0.3) is 0 Å². The Kier molecular flexibility index (Phi) is 4.60. The Morgan fingerprint density at radius 3 is 2.68 bits per heavy atom. The Balaban J connectivity index is 1.60. The van der Waals surface area contributed by atoms with Crippen LogP contribution >= 0.6 is 0 Å². The molecule has 1 aliphatic heterocycles. The van der Waals surface area contributed by atoms with E-state index in [0.29, 0.717) is 5.69 Å². The number of carbonyl (C=O) groups excluding carboxylic acids is 2. The number of ether oxygens (including phenoxy) is 1. The van der Waals surface area contributed by atoms with Crippen molar-refractivity contribution in [2.24, 2.45) is 0 Å². The standard InChI is InChI=1S/C17H13F3N2O3/c18-11-2-1-3-12(7-11)22-9-13(25-17(22)24)8-21-16(23)10-4-5-14(19)15(20)6-10/h1-7,13H,8-9H2,(H,21,23). The van der Waals surface area contributed by atoms with E-state index in [1.165, 1.54) is 23.1 Å². The van der Waals surface area contributed by atoms with Crippen LogP contribution < -0.4 is 10.2 Å². The lowest BCUT2D eigenvalue weighted by Gasteiger charge is -2.13. The van der Waals surface area contributed by atoms with Gasteiger partial charge in [0.2, 0.25) is 0 Å². The summed E-state index contributed by atoms with van der Waals surface area (Å²) >= 11 is 0. The molecular formula is C17H13F3N2O3. The van der Waals surface area contributed by atoms with Gasteiger partial charge in [-0.2, -0.15) is 0 Å². The number of rotatable bonds is 4. The number of hydrogen-bond donors (Lipinski definition) is 1. The topological polar surface area (TPSA) is 58.6 Å². The number of halogens is 3. The van der Waals surface area contributed by atoms with Crippen LogP contribution in [-0.4, -0.2) is 31.2 Å². The van der Waals surface area contributed by atoms with Gasteiger partial charge in [-0.15, -0.1) is 0 Å². The number of cyclic esters (lactones) is 1. The van der Waals surface area contributed by atoms with Gasteiger partial charge in [0.1, 0.15) is 11.9 Å². The molecule has 1 unspecified atom stereocenters. The van der Waals surface area contributed by atoms with Gasteiger partial charge in [-0.1, -0.05) is 6.07 Å². The summed E-state index contributed by atoms with van der Waals surface area (Å²) in [6.45, 7) is 0.107. The largest absolute Gasteiger partial charge is 0.442 e. The second-order valence-corrected chi connectivity index (χ2v) is 5.44. The van der Waals surface area contributed by atoms with Crippen molar-refractivity contribution in [3.05, 3.63) is 65.5 Å². The van der Waals surface area contributed by atoms with Crippen molar-refractivity contribution in [3.8, 4) is 0 Å². The van der Waals surface area contributed by atoms with Gasteiger partial charge < -0.3 is 10.1 Å². The van der Waals surface area contributed by atoms with Gasteiger partial charge in [-0.05, 0) is 36.4 Å². The minimum Gasteiger partial charge on any atom is -0.442 e. The number of hydrogen-bond acceptors (Lipinski definition) is 3. The highest BCUT2D eigenvalue weighted by atomic mass is 19.2. The van der Waals surface area contributed by atoms with E-state index < -0.39 is 35.6 Å². The molecule has 5 nitrogen and oxygen atoms in total. The van der Waals surface area contributed by atoms with E-state index in [-0.39, 0.29) is 18.7 Å². The molecule has 0 saturated carbocycles. The maximum absolute atomic E-state index is 13.3. The van der Waals surface area contributed by atoms with Gasteiger partial charge in [0, 0.05) is 5.56 Å². The molecule has 0 aromatic heterocycles. The van der Waals surface area contributed by atoms with Crippen molar-refractivity contribution < 1.29 is 27.5 Å². The first-order chi connectivity index (χ1) is 11.9. The van der Waals surface area contributed by atoms with Crippen LogP contribution in [0.2, 0.25) is 0 Å². The highest BCUT2D eigenvalue weighted by Crippen LogP contribution is 2.22. The summed E-state index contributed by atoms with van der Waals surface area (Å²) in [5, 5.41) is 2.49. The zero-order chi connectivity index (χ0) is 18.0. The van der Waals surface area contributed by atoms with E-state index in [0.717, 1.165) is 18.2 Å². The monoisotopic (exact) mass is 350 g/mol. The molecular weight excluding hydrogens is 337 g/mol. The lowest BCUT2D eigenvalue weighted by molar-refractivity contribution is 0.0915. The minimum atomic E-state index is -1.13. The third-order valence-corrected chi connectivity index (χ3v) is 3.67. The predicted molar refractivity (Wildman–Crippen MR) is 82.7 cm³/mol. The fourth-order valence-corrected chi connectivity index (χ4v) is 2.43. The molecule has 25 heavy (non-hydrogen) atoms. The SMILES string of the molecule is O=C(NCC1CN(c2cccc(F)c2)C(=O)O1)c1ccc(F)c(F)c1. The second kappa shape index (κ2) is 6.84. The zero-order valence-corrected chi connectivity index (χ0v) is 12.8. The molecule has 2 aromatic carbocycles. The number of carbonyl (C=O) groups is 2. The summed E-state index contributed by atoms with van der Waals surface area (Å²) in [6.07, 6.45) is -1.30. The minimum absolute atomic E-state index is 0.0185. The van der Waals surface area contributed by atoms with Crippen LogP contribution in [0.1, 0.15) is 10.4 Å². The Morgan fingerprint density at radius 1 is 1.16 bits per heavy atom. The third kappa shape index (κ3) is 3.73. The molecule has 0 bridgehead atoms. The molecule has 8 heteroatoms. The first-order valence-electron chi connectivity index (χ1n) is 7.41. The molecule has 1 fully saturated rings. The lowest BCUT2D eigenvalue weighted by atomic mass is 10.2. The fraction of sp³-hybridized carbons (Fsp3) is 0.176. The Morgan fingerprint density at radius 2 is 1.96 bits per heavy atom. The Bertz CT molecular complexity index is 829. The molecule has 2 aromatic rings. The van der Waals surface area contributed by atoms with Crippen molar-refractivity contribution >= 4 is 17.7 Å². The van der Waals surface area contributed by atoms with E-state index in [1.54, 1.807) is 6.07 Å². The molecule has 130 valence electrons. The van der Waals surface area contributed by atoms with Gasteiger partial charge in [-0.3, -0.25) is 9.69 Å².